The van der Waals surface area contributed by atoms with Crippen LogP contribution in [0, 0.1) is 0 Å². The lowest BCUT2D eigenvalue weighted by Crippen LogP contribution is -2.28. The summed E-state index contributed by atoms with van der Waals surface area (Å²) in [5.41, 5.74) is 1.90. The van der Waals surface area contributed by atoms with E-state index in [0.717, 1.165) is 27.8 Å². The first-order valence-corrected chi connectivity index (χ1v) is 9.95. The van der Waals surface area contributed by atoms with Gasteiger partial charge in [-0.25, -0.2) is 0 Å². The van der Waals surface area contributed by atoms with Crippen LogP contribution < -0.4 is 9.64 Å². The number of hydrogen-bond donors (Lipinski definition) is 0. The largest absolute Gasteiger partial charge is 0.493 e. The van der Waals surface area contributed by atoms with Crippen LogP contribution in [0.4, 0.5) is 5.69 Å². The maximum atomic E-state index is 12.7. The summed E-state index contributed by atoms with van der Waals surface area (Å²) in [4.78, 5) is 14.5. The van der Waals surface area contributed by atoms with Crippen molar-refractivity contribution in [2.24, 2.45) is 0 Å². The van der Waals surface area contributed by atoms with Crippen molar-refractivity contribution < 1.29 is 9.53 Å². The number of thioether (sulfide) groups is 1. The minimum atomic E-state index is -0.128. The number of hydrogen-bond acceptors (Lipinski definition) is 3. The number of fused-ring (bicyclic) bond motifs is 1. The molecule has 0 unspecified atom stereocenters. The van der Waals surface area contributed by atoms with Gasteiger partial charge in [0.1, 0.15) is 11.1 Å². The first kappa shape index (κ1) is 17.3. The molecule has 0 saturated carbocycles. The van der Waals surface area contributed by atoms with Crippen LogP contribution in [-0.4, -0.2) is 18.3 Å². The molecule has 1 amide bonds. The van der Waals surface area contributed by atoms with Crippen LogP contribution in [-0.2, 0) is 4.79 Å². The number of carbonyl (C=O) groups excluding carboxylic acids is 1. The molecule has 1 aliphatic rings. The Morgan fingerprint density at radius 3 is 2.65 bits per heavy atom. The van der Waals surface area contributed by atoms with Crippen LogP contribution in [0.5, 0.6) is 5.75 Å². The monoisotopic (exact) mass is 383 g/mol. The van der Waals surface area contributed by atoms with Gasteiger partial charge in [0.25, 0.3) is 0 Å². The Morgan fingerprint density at radius 2 is 1.88 bits per heavy atom. The molecule has 0 N–H and O–H groups in total. The van der Waals surface area contributed by atoms with E-state index in [2.05, 4.69) is 18.2 Å². The first-order valence-electron chi connectivity index (χ1n) is 8.52. The van der Waals surface area contributed by atoms with Crippen molar-refractivity contribution in [3.8, 4) is 5.75 Å². The van der Waals surface area contributed by atoms with Gasteiger partial charge in [-0.1, -0.05) is 41.9 Å². The minimum Gasteiger partial charge on any atom is -0.493 e. The highest BCUT2D eigenvalue weighted by atomic mass is 35.5. The van der Waals surface area contributed by atoms with Crippen LogP contribution in [0.2, 0.25) is 5.02 Å². The molecule has 3 aromatic carbocycles. The molecule has 3 nitrogen and oxygen atoms in total. The van der Waals surface area contributed by atoms with Crippen molar-refractivity contribution in [3.63, 3.8) is 0 Å². The fraction of sp³-hybridized carbons (Fsp3) is 0.190. The van der Waals surface area contributed by atoms with E-state index >= 15 is 0 Å². The van der Waals surface area contributed by atoms with E-state index in [9.17, 15) is 4.79 Å². The van der Waals surface area contributed by atoms with E-state index in [1.807, 2.05) is 54.3 Å². The van der Waals surface area contributed by atoms with Crippen LogP contribution >= 0.6 is 23.4 Å². The molecule has 0 aliphatic carbocycles. The standard InChI is InChI=1S/C21H18ClNO2S/c1-2-25-18-12-7-14-5-3-4-6-17(14)20(18)21-23(19(24)13-26-21)16-10-8-15(22)9-11-16/h3-12,21H,2,13H2,1H3/t21-/m0/s1. The van der Waals surface area contributed by atoms with Crippen molar-refractivity contribution in [3.05, 3.63) is 71.2 Å². The van der Waals surface area contributed by atoms with Crippen molar-refractivity contribution in [2.45, 2.75) is 12.3 Å². The molecule has 1 saturated heterocycles. The molecule has 0 spiro atoms. The van der Waals surface area contributed by atoms with Crippen LogP contribution in [0.3, 0.4) is 0 Å². The molecule has 1 atom stereocenters. The average Bonchev–Trinajstić information content (AvgIpc) is 3.03. The number of halogens is 1. The van der Waals surface area contributed by atoms with Crippen molar-refractivity contribution in [2.75, 3.05) is 17.3 Å². The Balaban J connectivity index is 1.88. The van der Waals surface area contributed by atoms with Crippen molar-refractivity contribution in [1.82, 2.24) is 0 Å². The van der Waals surface area contributed by atoms with Gasteiger partial charge >= 0.3 is 0 Å². The summed E-state index contributed by atoms with van der Waals surface area (Å²) in [6.07, 6.45) is 0. The zero-order valence-corrected chi connectivity index (χ0v) is 15.9. The van der Waals surface area contributed by atoms with Crippen LogP contribution in [0.15, 0.2) is 60.7 Å². The third-order valence-electron chi connectivity index (χ3n) is 4.45. The Kier molecular flexibility index (Phi) is 4.79. The number of carbonyl (C=O) groups is 1. The number of rotatable bonds is 4. The second kappa shape index (κ2) is 7.22. The Morgan fingerprint density at radius 1 is 1.12 bits per heavy atom. The number of amides is 1. The maximum absolute atomic E-state index is 12.7. The molecule has 1 heterocycles. The highest BCUT2D eigenvalue weighted by Crippen LogP contribution is 2.47. The Bertz CT molecular complexity index is 958. The van der Waals surface area contributed by atoms with Gasteiger partial charge in [0, 0.05) is 16.3 Å². The Labute approximate surface area is 161 Å². The smallest absolute Gasteiger partial charge is 0.238 e. The third-order valence-corrected chi connectivity index (χ3v) is 5.88. The van der Waals surface area contributed by atoms with E-state index in [4.69, 9.17) is 16.3 Å². The maximum Gasteiger partial charge on any atom is 0.238 e. The molecule has 1 aliphatic heterocycles. The second-order valence-corrected chi connectivity index (χ2v) is 7.54. The zero-order chi connectivity index (χ0) is 18.1. The quantitative estimate of drug-likeness (QED) is 0.581. The predicted molar refractivity (Wildman–Crippen MR) is 109 cm³/mol. The summed E-state index contributed by atoms with van der Waals surface area (Å²) in [7, 11) is 0. The van der Waals surface area contributed by atoms with Gasteiger partial charge in [0.05, 0.1) is 12.4 Å². The lowest BCUT2D eigenvalue weighted by atomic mass is 10.0. The van der Waals surface area contributed by atoms with Crippen molar-refractivity contribution >= 4 is 45.7 Å². The highest BCUT2D eigenvalue weighted by molar-refractivity contribution is 8.00. The summed E-state index contributed by atoms with van der Waals surface area (Å²) >= 11 is 7.65. The fourth-order valence-corrected chi connectivity index (χ4v) is 4.69. The van der Waals surface area contributed by atoms with Gasteiger partial charge < -0.3 is 4.74 Å². The summed E-state index contributed by atoms with van der Waals surface area (Å²) < 4.78 is 5.92. The molecule has 3 aromatic rings. The molecular weight excluding hydrogens is 366 g/mol. The molecular formula is C21H18ClNO2S. The second-order valence-electron chi connectivity index (χ2n) is 6.04. The molecule has 26 heavy (non-hydrogen) atoms. The number of nitrogens with zero attached hydrogens (tertiary/aromatic N) is 1. The van der Waals surface area contributed by atoms with Gasteiger partial charge in [-0.2, -0.15) is 0 Å². The molecule has 0 bridgehead atoms. The lowest BCUT2D eigenvalue weighted by Gasteiger charge is -2.27. The van der Waals surface area contributed by atoms with Gasteiger partial charge in [0.15, 0.2) is 0 Å². The van der Waals surface area contributed by atoms with Crippen LogP contribution in [0.1, 0.15) is 17.9 Å². The van der Waals surface area contributed by atoms with E-state index in [1.165, 1.54) is 0 Å². The normalized spacial score (nSPS) is 17.1. The van der Waals surface area contributed by atoms with E-state index in [1.54, 1.807) is 11.8 Å². The third kappa shape index (κ3) is 3.04. The molecule has 132 valence electrons. The van der Waals surface area contributed by atoms with Crippen molar-refractivity contribution in [1.29, 1.82) is 0 Å². The predicted octanol–water partition coefficient (Wildman–Crippen LogP) is 5.67. The van der Waals surface area contributed by atoms with E-state index < -0.39 is 0 Å². The topological polar surface area (TPSA) is 29.5 Å². The van der Waals surface area contributed by atoms with Gasteiger partial charge in [-0.3, -0.25) is 9.69 Å². The zero-order valence-electron chi connectivity index (χ0n) is 14.3. The molecule has 4 rings (SSSR count). The lowest BCUT2D eigenvalue weighted by molar-refractivity contribution is -0.115. The van der Waals surface area contributed by atoms with Crippen LogP contribution in [0.25, 0.3) is 10.8 Å². The number of benzene rings is 3. The SMILES string of the molecule is CCOc1ccc2ccccc2c1[C@@H]1SCC(=O)N1c1ccc(Cl)cc1. The fourth-order valence-electron chi connectivity index (χ4n) is 3.33. The summed E-state index contributed by atoms with van der Waals surface area (Å²) in [5.74, 6) is 1.37. The highest BCUT2D eigenvalue weighted by Gasteiger charge is 2.36. The number of anilines is 1. The van der Waals surface area contributed by atoms with Gasteiger partial charge in [-0.15, -0.1) is 11.8 Å². The summed E-state index contributed by atoms with van der Waals surface area (Å²) in [5, 5.41) is 2.78. The molecule has 5 heteroatoms. The minimum absolute atomic E-state index is 0.0951. The van der Waals surface area contributed by atoms with E-state index in [-0.39, 0.29) is 11.3 Å². The van der Waals surface area contributed by atoms with Gasteiger partial charge in [-0.05, 0) is 48.0 Å². The molecule has 1 fully saturated rings. The van der Waals surface area contributed by atoms with Gasteiger partial charge in [0.2, 0.25) is 5.91 Å². The number of ether oxygens (including phenoxy) is 1. The average molecular weight is 384 g/mol. The summed E-state index contributed by atoms with van der Waals surface area (Å²) in [6.45, 7) is 2.56. The summed E-state index contributed by atoms with van der Waals surface area (Å²) in [6, 6.07) is 19.7. The molecule has 0 radical (unpaired) electrons. The van der Waals surface area contributed by atoms with E-state index in [0.29, 0.717) is 17.4 Å². The first-order chi connectivity index (χ1) is 12.7. The molecule has 0 aromatic heterocycles. The Hall–Kier alpha value is -2.17.